The highest BCUT2D eigenvalue weighted by Crippen LogP contribution is 2.57. The molecule has 1 saturated carbocycles. The number of furan rings is 1. The minimum Gasteiger partial charge on any atom is -0.454 e. The first kappa shape index (κ1) is 49.5. The van der Waals surface area contributed by atoms with Crippen LogP contribution >= 0.6 is 0 Å². The second kappa shape index (κ2) is 17.0. The summed E-state index contributed by atoms with van der Waals surface area (Å²) in [5.41, 5.74) is 28.7. The molecule has 9 aromatic carbocycles. The lowest BCUT2D eigenvalue weighted by Gasteiger charge is -2.49. The average Bonchev–Trinajstić information content (AvgIpc) is 1.81. The normalized spacial score (nSPS) is 18.0. The molecular weight excluding hydrogens is 968 g/mol. The Labute approximate surface area is 474 Å². The van der Waals surface area contributed by atoms with Gasteiger partial charge >= 0.3 is 0 Å². The molecular formula is C76H73BN2O. The van der Waals surface area contributed by atoms with Crippen LogP contribution in [-0.2, 0) is 27.1 Å². The quantitative estimate of drug-likeness (QED) is 0.164. The lowest BCUT2D eigenvalue weighted by atomic mass is 9.33. The summed E-state index contributed by atoms with van der Waals surface area (Å²) < 4.78 is 7.45. The maximum absolute atomic E-state index is 7.45. The highest BCUT2D eigenvalue weighted by Gasteiger charge is 2.50. The summed E-state index contributed by atoms with van der Waals surface area (Å²) in [6, 6.07) is 68.7. The van der Waals surface area contributed by atoms with Gasteiger partial charge in [0.25, 0.3) is 6.71 Å². The Hall–Kier alpha value is -7.56. The van der Waals surface area contributed by atoms with Crippen molar-refractivity contribution in [3.8, 4) is 11.1 Å². The number of rotatable bonds is 4. The van der Waals surface area contributed by atoms with E-state index >= 15 is 0 Å². The van der Waals surface area contributed by atoms with E-state index in [0.717, 1.165) is 27.9 Å². The molecule has 80 heavy (non-hydrogen) atoms. The lowest BCUT2D eigenvalue weighted by Crippen LogP contribution is -2.62. The highest BCUT2D eigenvalue weighted by atomic mass is 16.3. The van der Waals surface area contributed by atoms with E-state index in [2.05, 4.69) is 262 Å². The Balaban J connectivity index is 1.09. The smallest absolute Gasteiger partial charge is 0.252 e. The van der Waals surface area contributed by atoms with Crippen molar-refractivity contribution >= 4 is 79.2 Å². The average molecular weight is 1040 g/mol. The summed E-state index contributed by atoms with van der Waals surface area (Å²) in [4.78, 5) is 5.40. The zero-order valence-corrected chi connectivity index (χ0v) is 48.7. The third kappa shape index (κ3) is 6.87. The van der Waals surface area contributed by atoms with E-state index in [1.165, 1.54) is 143 Å². The van der Waals surface area contributed by atoms with Crippen molar-refractivity contribution in [2.75, 3.05) is 9.80 Å². The molecule has 0 atom stereocenters. The van der Waals surface area contributed by atoms with Crippen LogP contribution in [0.5, 0.6) is 0 Å². The number of hydrogen-bond acceptors (Lipinski definition) is 3. The molecule has 0 unspecified atom stereocenters. The second-order valence-electron chi connectivity index (χ2n) is 27.5. The summed E-state index contributed by atoms with van der Waals surface area (Å²) >= 11 is 0. The maximum atomic E-state index is 7.45. The van der Waals surface area contributed by atoms with E-state index in [0.29, 0.717) is 5.92 Å². The summed E-state index contributed by atoms with van der Waals surface area (Å²) in [6.45, 7) is 26.5. The van der Waals surface area contributed by atoms with Gasteiger partial charge in [-0.25, -0.2) is 0 Å². The Morgan fingerprint density at radius 2 is 1.01 bits per heavy atom. The van der Waals surface area contributed by atoms with Crippen molar-refractivity contribution in [2.24, 2.45) is 0 Å². The zero-order valence-electron chi connectivity index (χ0n) is 48.7. The fourth-order valence-electron chi connectivity index (χ4n) is 16.1. The van der Waals surface area contributed by atoms with Gasteiger partial charge in [-0.05, 0) is 150 Å². The van der Waals surface area contributed by atoms with E-state index in [1.54, 1.807) is 0 Å². The predicted octanol–water partition coefficient (Wildman–Crippen LogP) is 18.6. The van der Waals surface area contributed by atoms with Gasteiger partial charge in [0, 0.05) is 60.7 Å². The number of nitrogens with zero attached hydrogens (tertiary/aromatic N) is 2. The predicted molar refractivity (Wildman–Crippen MR) is 339 cm³/mol. The van der Waals surface area contributed by atoms with Crippen molar-refractivity contribution in [1.82, 2.24) is 0 Å². The van der Waals surface area contributed by atoms with Crippen LogP contribution < -0.4 is 26.2 Å². The molecule has 0 N–H and O–H groups in total. The minimum atomic E-state index is -0.254. The third-order valence-corrected chi connectivity index (χ3v) is 20.5. The van der Waals surface area contributed by atoms with Gasteiger partial charge in [-0.2, -0.15) is 0 Å². The Kier molecular flexibility index (Phi) is 10.5. The SMILES string of the molecule is CC(C)(C)c1ccc2oc3c4c(ccc3c2c1)B1c2cc3c(cc2N(c2ccc5c(c2)C(C)(C)c2ccccc2C5(C)C)c2cc(C5CCCCC5)cc(c21)N4c1ccccc1-c1ccccc1)C(C)(C)c1ccccc1C3(C)C. The molecule has 1 aromatic heterocycles. The topological polar surface area (TPSA) is 19.6 Å². The standard InChI is InChI=1S/C76H73BN2O/c1-72(2,3)49-34-39-68-53(42-49)52-36-38-62-70(71(52)80-68)79(64-33-23-18-28-51(64)47-26-16-13-17-27-47)67-41-48(46-24-14-12-15-25-46)40-66-69(67)77(62)63-44-60-61(76(10,11)57-32-22-21-31-56(57)75(60,8)9)45-65(63)78(66)50-35-37-58-59(43-50)74(6,7)55-30-20-19-29-54(55)73(58,4)5/h13,16-23,26-46H,12,14-15,24-25H2,1-11H3. The molecule has 10 aromatic rings. The molecule has 0 radical (unpaired) electrons. The molecule has 0 saturated heterocycles. The largest absolute Gasteiger partial charge is 0.454 e. The minimum absolute atomic E-state index is 0.0221. The van der Waals surface area contributed by atoms with Crippen LogP contribution in [0, 0.1) is 0 Å². The van der Waals surface area contributed by atoms with Gasteiger partial charge in [0.1, 0.15) is 5.58 Å². The third-order valence-electron chi connectivity index (χ3n) is 20.5. The molecule has 5 aliphatic rings. The first-order valence-electron chi connectivity index (χ1n) is 29.8. The molecule has 4 heteroatoms. The zero-order chi connectivity index (χ0) is 55.0. The van der Waals surface area contributed by atoms with E-state index in [4.69, 9.17) is 4.42 Å². The van der Waals surface area contributed by atoms with Crippen molar-refractivity contribution in [3.63, 3.8) is 0 Å². The Morgan fingerprint density at radius 1 is 0.450 bits per heavy atom. The number of anilines is 6. The molecule has 3 aliphatic carbocycles. The first-order chi connectivity index (χ1) is 38.3. The van der Waals surface area contributed by atoms with Gasteiger partial charge in [0.2, 0.25) is 0 Å². The summed E-state index contributed by atoms with van der Waals surface area (Å²) in [7, 11) is 0. The monoisotopic (exact) mass is 1040 g/mol. The Bertz CT molecular complexity index is 4230. The first-order valence-corrected chi connectivity index (χ1v) is 29.8. The van der Waals surface area contributed by atoms with E-state index in [9.17, 15) is 0 Å². The van der Waals surface area contributed by atoms with Gasteiger partial charge in [-0.1, -0.05) is 223 Å². The van der Waals surface area contributed by atoms with E-state index in [1.807, 2.05) is 0 Å². The molecule has 396 valence electrons. The molecule has 2 aliphatic heterocycles. The van der Waals surface area contributed by atoms with Crippen molar-refractivity contribution in [1.29, 1.82) is 0 Å². The summed E-state index contributed by atoms with van der Waals surface area (Å²) in [5.74, 6) is 0.442. The fraction of sp³-hybridized carbons (Fsp3) is 0.289. The number of fused-ring (bicyclic) bond motifs is 12. The molecule has 15 rings (SSSR count). The van der Waals surface area contributed by atoms with Crippen molar-refractivity contribution < 1.29 is 4.42 Å². The molecule has 0 bridgehead atoms. The van der Waals surface area contributed by atoms with Gasteiger partial charge in [0.15, 0.2) is 5.58 Å². The van der Waals surface area contributed by atoms with Crippen LogP contribution in [0.15, 0.2) is 180 Å². The number of benzene rings is 9. The van der Waals surface area contributed by atoms with Crippen LogP contribution in [0.4, 0.5) is 34.1 Å². The number of hydrogen-bond donors (Lipinski definition) is 0. The number of para-hydroxylation sites is 1. The van der Waals surface area contributed by atoms with Crippen LogP contribution in [0.2, 0.25) is 0 Å². The lowest BCUT2D eigenvalue weighted by molar-refractivity contribution is 0.444. The highest BCUT2D eigenvalue weighted by molar-refractivity contribution is 7.00. The summed E-state index contributed by atoms with van der Waals surface area (Å²) in [5, 5.41) is 2.32. The van der Waals surface area contributed by atoms with Gasteiger partial charge in [-0.15, -0.1) is 0 Å². The molecule has 3 nitrogen and oxygen atoms in total. The van der Waals surface area contributed by atoms with Crippen molar-refractivity contribution in [2.45, 2.75) is 141 Å². The fourth-order valence-corrected chi connectivity index (χ4v) is 16.1. The second-order valence-corrected chi connectivity index (χ2v) is 27.5. The maximum Gasteiger partial charge on any atom is 0.252 e. The van der Waals surface area contributed by atoms with Crippen LogP contribution in [0.25, 0.3) is 33.1 Å². The van der Waals surface area contributed by atoms with Gasteiger partial charge in [-0.3, -0.25) is 0 Å². The van der Waals surface area contributed by atoms with Gasteiger partial charge < -0.3 is 14.2 Å². The van der Waals surface area contributed by atoms with E-state index < -0.39 is 0 Å². The van der Waals surface area contributed by atoms with Crippen molar-refractivity contribution in [3.05, 3.63) is 232 Å². The molecule has 0 amide bonds. The molecule has 1 fully saturated rings. The van der Waals surface area contributed by atoms with Crippen LogP contribution in [-0.4, -0.2) is 6.71 Å². The molecule has 3 heterocycles. The van der Waals surface area contributed by atoms with Crippen LogP contribution in [0.1, 0.15) is 170 Å². The summed E-state index contributed by atoms with van der Waals surface area (Å²) in [6.07, 6.45) is 6.18. The van der Waals surface area contributed by atoms with Gasteiger partial charge in [0.05, 0.1) is 11.4 Å². The Morgan fingerprint density at radius 3 is 1.66 bits per heavy atom. The van der Waals surface area contributed by atoms with Crippen LogP contribution in [0.3, 0.4) is 0 Å². The van der Waals surface area contributed by atoms with E-state index in [-0.39, 0.29) is 33.8 Å². The molecule has 0 spiro atoms.